The van der Waals surface area contributed by atoms with E-state index in [1.807, 2.05) is 0 Å². The molecule has 0 aliphatic rings. The Balaban J connectivity index is 2.91. The minimum Gasteiger partial charge on any atom is -0.372 e. The van der Waals surface area contributed by atoms with Gasteiger partial charge in [0.2, 0.25) is 0 Å². The van der Waals surface area contributed by atoms with Crippen LogP contribution in [0.4, 0.5) is 5.69 Å². The zero-order valence-corrected chi connectivity index (χ0v) is 11.5. The van der Waals surface area contributed by atoms with E-state index >= 15 is 0 Å². The molecule has 0 unspecified atom stereocenters. The van der Waals surface area contributed by atoms with Crippen molar-refractivity contribution in [2.75, 3.05) is 24.5 Å². The molecule has 0 aliphatic carbocycles. The van der Waals surface area contributed by atoms with Gasteiger partial charge in [0.25, 0.3) is 0 Å². The number of nitrogens with two attached hydrogens (primary N) is 1. The van der Waals surface area contributed by atoms with Crippen molar-refractivity contribution in [1.29, 1.82) is 0 Å². The summed E-state index contributed by atoms with van der Waals surface area (Å²) in [6.45, 7) is 9.55. The van der Waals surface area contributed by atoms with Gasteiger partial charge in [-0.3, -0.25) is 0 Å². The molecule has 1 rings (SSSR count). The minimum atomic E-state index is 0.724. The van der Waals surface area contributed by atoms with Crippen LogP contribution in [0.1, 0.15) is 37.8 Å². The maximum absolute atomic E-state index is 5.70. The second kappa shape index (κ2) is 7.33. The Labute approximate surface area is 106 Å². The van der Waals surface area contributed by atoms with Crippen molar-refractivity contribution in [3.05, 3.63) is 29.3 Å². The monoisotopic (exact) mass is 234 g/mol. The van der Waals surface area contributed by atoms with Crippen molar-refractivity contribution in [3.8, 4) is 0 Å². The average Bonchev–Trinajstić information content (AvgIpc) is 2.32. The summed E-state index contributed by atoms with van der Waals surface area (Å²) < 4.78 is 0. The highest BCUT2D eigenvalue weighted by Crippen LogP contribution is 2.22. The van der Waals surface area contributed by atoms with Crippen molar-refractivity contribution in [2.24, 2.45) is 5.73 Å². The topological polar surface area (TPSA) is 29.3 Å². The van der Waals surface area contributed by atoms with Gasteiger partial charge in [0, 0.05) is 18.8 Å². The number of hydrogen-bond donors (Lipinski definition) is 1. The van der Waals surface area contributed by atoms with Crippen LogP contribution in [0, 0.1) is 6.92 Å². The van der Waals surface area contributed by atoms with Gasteiger partial charge < -0.3 is 10.6 Å². The Morgan fingerprint density at radius 1 is 1.24 bits per heavy atom. The minimum absolute atomic E-state index is 0.724. The Morgan fingerprint density at radius 2 is 2.00 bits per heavy atom. The Morgan fingerprint density at radius 3 is 2.59 bits per heavy atom. The van der Waals surface area contributed by atoms with E-state index in [0.29, 0.717) is 0 Å². The fourth-order valence-corrected chi connectivity index (χ4v) is 2.18. The molecule has 0 amide bonds. The van der Waals surface area contributed by atoms with Gasteiger partial charge in [0.15, 0.2) is 0 Å². The molecule has 2 N–H and O–H groups in total. The summed E-state index contributed by atoms with van der Waals surface area (Å²) in [7, 11) is 0. The third-order valence-electron chi connectivity index (χ3n) is 3.15. The molecule has 0 saturated carbocycles. The normalized spacial score (nSPS) is 10.6. The summed E-state index contributed by atoms with van der Waals surface area (Å²) in [5.41, 5.74) is 9.79. The first kappa shape index (κ1) is 14.0. The van der Waals surface area contributed by atoms with Crippen LogP contribution in [-0.2, 0) is 6.42 Å². The molecule has 0 atom stereocenters. The third-order valence-corrected chi connectivity index (χ3v) is 3.15. The third kappa shape index (κ3) is 4.04. The first-order chi connectivity index (χ1) is 8.22. The van der Waals surface area contributed by atoms with Crippen LogP contribution >= 0.6 is 0 Å². The SMILES string of the molecule is CCCCN(CC)c1ccc(C)cc1CCN. The van der Waals surface area contributed by atoms with Crippen LogP contribution in [-0.4, -0.2) is 19.6 Å². The molecule has 0 fully saturated rings. The number of rotatable bonds is 7. The van der Waals surface area contributed by atoms with Gasteiger partial charge in [-0.15, -0.1) is 0 Å². The molecule has 0 bridgehead atoms. The molecular formula is C15H26N2. The first-order valence-electron chi connectivity index (χ1n) is 6.77. The lowest BCUT2D eigenvalue weighted by Gasteiger charge is -2.26. The molecule has 2 heteroatoms. The lowest BCUT2D eigenvalue weighted by molar-refractivity contribution is 0.728. The van der Waals surface area contributed by atoms with E-state index in [9.17, 15) is 0 Å². The number of hydrogen-bond acceptors (Lipinski definition) is 2. The van der Waals surface area contributed by atoms with E-state index in [1.54, 1.807) is 0 Å². The lowest BCUT2D eigenvalue weighted by atomic mass is 10.0. The number of nitrogens with zero attached hydrogens (tertiary/aromatic N) is 1. The summed E-state index contributed by atoms with van der Waals surface area (Å²) in [6.07, 6.45) is 3.47. The molecule has 1 aromatic carbocycles. The zero-order valence-electron chi connectivity index (χ0n) is 11.5. The van der Waals surface area contributed by atoms with Crippen molar-refractivity contribution >= 4 is 5.69 Å². The van der Waals surface area contributed by atoms with E-state index in [4.69, 9.17) is 5.73 Å². The van der Waals surface area contributed by atoms with Crippen molar-refractivity contribution in [1.82, 2.24) is 0 Å². The molecule has 0 saturated heterocycles. The maximum Gasteiger partial charge on any atom is 0.0399 e. The van der Waals surface area contributed by atoms with E-state index in [-0.39, 0.29) is 0 Å². The highest BCUT2D eigenvalue weighted by Gasteiger charge is 2.08. The first-order valence-corrected chi connectivity index (χ1v) is 6.77. The van der Waals surface area contributed by atoms with Gasteiger partial charge in [-0.2, -0.15) is 0 Å². The lowest BCUT2D eigenvalue weighted by Crippen LogP contribution is -2.25. The number of aryl methyl sites for hydroxylation is 1. The smallest absolute Gasteiger partial charge is 0.0399 e. The van der Waals surface area contributed by atoms with Gasteiger partial charge >= 0.3 is 0 Å². The molecule has 0 heterocycles. The van der Waals surface area contributed by atoms with Gasteiger partial charge in [-0.05, 0) is 44.9 Å². The zero-order chi connectivity index (χ0) is 12.7. The van der Waals surface area contributed by atoms with Crippen LogP contribution in [0.2, 0.25) is 0 Å². The summed E-state index contributed by atoms with van der Waals surface area (Å²) in [5.74, 6) is 0. The molecule has 0 aromatic heterocycles. The molecule has 96 valence electrons. The van der Waals surface area contributed by atoms with E-state index in [1.165, 1.54) is 29.7 Å². The van der Waals surface area contributed by atoms with Crippen LogP contribution in [0.15, 0.2) is 18.2 Å². The van der Waals surface area contributed by atoms with Gasteiger partial charge in [-0.1, -0.05) is 31.0 Å². The van der Waals surface area contributed by atoms with Crippen LogP contribution < -0.4 is 10.6 Å². The standard InChI is InChI=1S/C15H26N2/c1-4-6-11-17(5-2)15-8-7-13(3)12-14(15)9-10-16/h7-8,12H,4-6,9-11,16H2,1-3H3. The van der Waals surface area contributed by atoms with Gasteiger partial charge in [-0.25, -0.2) is 0 Å². The largest absolute Gasteiger partial charge is 0.372 e. The van der Waals surface area contributed by atoms with Crippen LogP contribution in [0.25, 0.3) is 0 Å². The van der Waals surface area contributed by atoms with E-state index in [0.717, 1.165) is 26.1 Å². The Kier molecular flexibility index (Phi) is 6.06. The molecule has 2 nitrogen and oxygen atoms in total. The molecule has 1 aromatic rings. The average molecular weight is 234 g/mol. The predicted molar refractivity (Wildman–Crippen MR) is 76.7 cm³/mol. The van der Waals surface area contributed by atoms with Crippen LogP contribution in [0.3, 0.4) is 0 Å². The summed E-state index contributed by atoms with van der Waals surface area (Å²) in [6, 6.07) is 6.72. The highest BCUT2D eigenvalue weighted by molar-refractivity contribution is 5.55. The van der Waals surface area contributed by atoms with Crippen LogP contribution in [0.5, 0.6) is 0 Å². The summed E-state index contributed by atoms with van der Waals surface area (Å²) in [5, 5.41) is 0. The Hall–Kier alpha value is -1.02. The van der Waals surface area contributed by atoms with Gasteiger partial charge in [0.1, 0.15) is 0 Å². The second-order valence-electron chi connectivity index (χ2n) is 4.60. The predicted octanol–water partition coefficient (Wildman–Crippen LogP) is 3.12. The molecule has 0 spiro atoms. The maximum atomic E-state index is 5.70. The molecule has 0 aliphatic heterocycles. The Bertz CT molecular complexity index is 334. The molecule has 17 heavy (non-hydrogen) atoms. The van der Waals surface area contributed by atoms with Crippen molar-refractivity contribution < 1.29 is 0 Å². The summed E-state index contributed by atoms with van der Waals surface area (Å²) >= 11 is 0. The second-order valence-corrected chi connectivity index (χ2v) is 4.60. The molecular weight excluding hydrogens is 208 g/mol. The van der Waals surface area contributed by atoms with E-state index < -0.39 is 0 Å². The van der Waals surface area contributed by atoms with Crippen molar-refractivity contribution in [3.63, 3.8) is 0 Å². The fourth-order valence-electron chi connectivity index (χ4n) is 2.18. The molecule has 0 radical (unpaired) electrons. The van der Waals surface area contributed by atoms with Gasteiger partial charge in [0.05, 0.1) is 0 Å². The fraction of sp³-hybridized carbons (Fsp3) is 0.600. The number of anilines is 1. The highest BCUT2D eigenvalue weighted by atomic mass is 15.1. The summed E-state index contributed by atoms with van der Waals surface area (Å²) in [4.78, 5) is 2.47. The quantitative estimate of drug-likeness (QED) is 0.785. The van der Waals surface area contributed by atoms with Crippen molar-refractivity contribution in [2.45, 2.75) is 40.0 Å². The number of benzene rings is 1. The van der Waals surface area contributed by atoms with E-state index in [2.05, 4.69) is 43.9 Å². The number of unbranched alkanes of at least 4 members (excludes halogenated alkanes) is 1.